The summed E-state index contributed by atoms with van der Waals surface area (Å²) in [5.74, 6) is 1.93. The van der Waals surface area contributed by atoms with Crippen molar-refractivity contribution >= 4 is 0 Å². The Morgan fingerprint density at radius 2 is 1.94 bits per heavy atom. The molecule has 0 aromatic heterocycles. The van der Waals surface area contributed by atoms with Crippen molar-refractivity contribution in [3.8, 4) is 0 Å². The van der Waals surface area contributed by atoms with Crippen LogP contribution in [-0.4, -0.2) is 61.7 Å². The second-order valence-electron chi connectivity index (χ2n) is 6.56. The van der Waals surface area contributed by atoms with Gasteiger partial charge in [0.1, 0.15) is 0 Å². The summed E-state index contributed by atoms with van der Waals surface area (Å²) in [5, 5.41) is 3.77. The third-order valence-electron chi connectivity index (χ3n) is 5.04. The molecule has 3 heteroatoms. The average molecular weight is 251 g/mol. The smallest absolute Gasteiger partial charge is 0.0223 e. The Kier molecular flexibility index (Phi) is 4.22. The zero-order chi connectivity index (χ0) is 12.4. The molecular weight excluding hydrogens is 222 g/mol. The molecule has 3 nitrogen and oxygen atoms in total. The molecule has 0 radical (unpaired) electrons. The predicted octanol–water partition coefficient (Wildman–Crippen LogP) is 1.40. The van der Waals surface area contributed by atoms with Crippen LogP contribution < -0.4 is 5.32 Å². The van der Waals surface area contributed by atoms with Gasteiger partial charge in [-0.3, -0.25) is 0 Å². The van der Waals surface area contributed by atoms with E-state index in [1.54, 1.807) is 0 Å². The van der Waals surface area contributed by atoms with Gasteiger partial charge in [-0.2, -0.15) is 0 Å². The lowest BCUT2D eigenvalue weighted by molar-refractivity contribution is 0.217. The van der Waals surface area contributed by atoms with Crippen LogP contribution in [0.25, 0.3) is 0 Å². The predicted molar refractivity (Wildman–Crippen MR) is 75.8 cm³/mol. The minimum atomic E-state index is 0.802. The lowest BCUT2D eigenvalue weighted by Gasteiger charge is -2.27. The maximum absolute atomic E-state index is 3.77. The lowest BCUT2D eigenvalue weighted by Crippen LogP contribution is -2.41. The molecule has 104 valence electrons. The molecule has 3 rings (SSSR count). The van der Waals surface area contributed by atoms with Crippen molar-refractivity contribution in [1.29, 1.82) is 0 Å². The molecular formula is C15H29N3. The van der Waals surface area contributed by atoms with Gasteiger partial charge in [-0.15, -0.1) is 0 Å². The average Bonchev–Trinajstić information content (AvgIpc) is 3.15. The summed E-state index contributed by atoms with van der Waals surface area (Å²) in [6.45, 7) is 11.4. The maximum atomic E-state index is 3.77. The van der Waals surface area contributed by atoms with Crippen LogP contribution in [-0.2, 0) is 0 Å². The standard InChI is InChI=1S/C15H29N3/c1-2-17-9-6-13(10-17)11-18-8-3-7-16-15(12-18)14-4-5-14/h13-16H,2-12H2,1H3. The van der Waals surface area contributed by atoms with Crippen molar-refractivity contribution in [1.82, 2.24) is 15.1 Å². The maximum Gasteiger partial charge on any atom is 0.0223 e. The molecule has 1 aliphatic carbocycles. The summed E-state index contributed by atoms with van der Waals surface area (Å²) in [7, 11) is 0. The van der Waals surface area contributed by atoms with Crippen molar-refractivity contribution in [3.63, 3.8) is 0 Å². The number of hydrogen-bond donors (Lipinski definition) is 1. The summed E-state index contributed by atoms with van der Waals surface area (Å²) in [5.41, 5.74) is 0. The first-order chi connectivity index (χ1) is 8.85. The minimum absolute atomic E-state index is 0.802. The first kappa shape index (κ1) is 12.9. The van der Waals surface area contributed by atoms with Gasteiger partial charge in [-0.05, 0) is 63.7 Å². The van der Waals surface area contributed by atoms with Crippen molar-refractivity contribution < 1.29 is 0 Å². The summed E-state index contributed by atoms with van der Waals surface area (Å²) in [6, 6.07) is 0.802. The van der Waals surface area contributed by atoms with E-state index in [9.17, 15) is 0 Å². The van der Waals surface area contributed by atoms with Gasteiger partial charge in [0, 0.05) is 25.7 Å². The highest BCUT2D eigenvalue weighted by Gasteiger charge is 2.34. The second kappa shape index (κ2) is 5.89. The van der Waals surface area contributed by atoms with Crippen LogP contribution in [0.4, 0.5) is 0 Å². The van der Waals surface area contributed by atoms with Crippen molar-refractivity contribution in [2.75, 3.05) is 45.8 Å². The molecule has 3 aliphatic rings. The Morgan fingerprint density at radius 1 is 1.06 bits per heavy atom. The first-order valence-corrected chi connectivity index (χ1v) is 8.03. The topological polar surface area (TPSA) is 18.5 Å². The Morgan fingerprint density at radius 3 is 2.67 bits per heavy atom. The summed E-state index contributed by atoms with van der Waals surface area (Å²) >= 11 is 0. The molecule has 0 aromatic carbocycles. The molecule has 2 unspecified atom stereocenters. The monoisotopic (exact) mass is 251 g/mol. The Labute approximate surface area is 112 Å². The largest absolute Gasteiger partial charge is 0.312 e. The fourth-order valence-electron chi connectivity index (χ4n) is 3.72. The van der Waals surface area contributed by atoms with Crippen LogP contribution in [0.5, 0.6) is 0 Å². The second-order valence-corrected chi connectivity index (χ2v) is 6.56. The number of nitrogens with one attached hydrogen (secondary N) is 1. The zero-order valence-electron chi connectivity index (χ0n) is 11.9. The van der Waals surface area contributed by atoms with E-state index in [-0.39, 0.29) is 0 Å². The molecule has 0 bridgehead atoms. The lowest BCUT2D eigenvalue weighted by atomic mass is 10.1. The summed E-state index contributed by atoms with van der Waals surface area (Å²) in [6.07, 6.45) is 5.70. The highest BCUT2D eigenvalue weighted by molar-refractivity contribution is 4.91. The molecule has 0 aromatic rings. The van der Waals surface area contributed by atoms with E-state index in [2.05, 4.69) is 22.0 Å². The summed E-state index contributed by atoms with van der Waals surface area (Å²) < 4.78 is 0. The van der Waals surface area contributed by atoms with E-state index in [1.807, 2.05) is 0 Å². The molecule has 1 N–H and O–H groups in total. The third kappa shape index (κ3) is 3.25. The van der Waals surface area contributed by atoms with Crippen LogP contribution in [0, 0.1) is 11.8 Å². The number of nitrogens with zero attached hydrogens (tertiary/aromatic N) is 2. The van der Waals surface area contributed by atoms with Gasteiger partial charge in [0.15, 0.2) is 0 Å². The van der Waals surface area contributed by atoms with Gasteiger partial charge in [-0.1, -0.05) is 6.92 Å². The van der Waals surface area contributed by atoms with Gasteiger partial charge in [-0.25, -0.2) is 0 Å². The van der Waals surface area contributed by atoms with Gasteiger partial charge >= 0.3 is 0 Å². The summed E-state index contributed by atoms with van der Waals surface area (Å²) in [4.78, 5) is 5.37. The molecule has 1 saturated carbocycles. The SMILES string of the molecule is CCN1CCC(CN2CCCNC(C3CC3)C2)C1. The molecule has 0 amide bonds. The van der Waals surface area contributed by atoms with E-state index >= 15 is 0 Å². The Balaban J connectivity index is 1.48. The van der Waals surface area contributed by atoms with Gasteiger partial charge in [0.05, 0.1) is 0 Å². The molecule has 2 atom stereocenters. The van der Waals surface area contributed by atoms with E-state index in [1.165, 1.54) is 71.5 Å². The van der Waals surface area contributed by atoms with Crippen molar-refractivity contribution in [2.24, 2.45) is 11.8 Å². The van der Waals surface area contributed by atoms with Gasteiger partial charge in [0.25, 0.3) is 0 Å². The van der Waals surface area contributed by atoms with Gasteiger partial charge < -0.3 is 15.1 Å². The van der Waals surface area contributed by atoms with Crippen LogP contribution >= 0.6 is 0 Å². The third-order valence-corrected chi connectivity index (χ3v) is 5.04. The van der Waals surface area contributed by atoms with E-state index < -0.39 is 0 Å². The van der Waals surface area contributed by atoms with Gasteiger partial charge in [0.2, 0.25) is 0 Å². The number of likely N-dealkylation sites (tertiary alicyclic amines) is 1. The highest BCUT2D eigenvalue weighted by atomic mass is 15.2. The Bertz CT molecular complexity index is 264. The fourth-order valence-corrected chi connectivity index (χ4v) is 3.72. The first-order valence-electron chi connectivity index (χ1n) is 8.03. The quantitative estimate of drug-likeness (QED) is 0.815. The fraction of sp³-hybridized carbons (Fsp3) is 1.00. The van der Waals surface area contributed by atoms with E-state index in [0.29, 0.717) is 0 Å². The van der Waals surface area contributed by atoms with Crippen LogP contribution in [0.1, 0.15) is 32.6 Å². The van der Waals surface area contributed by atoms with Crippen molar-refractivity contribution in [2.45, 2.75) is 38.6 Å². The van der Waals surface area contributed by atoms with Crippen LogP contribution in [0.3, 0.4) is 0 Å². The molecule has 2 aliphatic heterocycles. The molecule has 0 spiro atoms. The van der Waals surface area contributed by atoms with E-state index in [4.69, 9.17) is 0 Å². The van der Waals surface area contributed by atoms with Crippen LogP contribution in [0.2, 0.25) is 0 Å². The molecule has 3 fully saturated rings. The molecule has 2 heterocycles. The zero-order valence-corrected chi connectivity index (χ0v) is 11.9. The minimum Gasteiger partial charge on any atom is -0.312 e. The van der Waals surface area contributed by atoms with Crippen molar-refractivity contribution in [3.05, 3.63) is 0 Å². The highest BCUT2D eigenvalue weighted by Crippen LogP contribution is 2.33. The Hall–Kier alpha value is -0.120. The molecule has 18 heavy (non-hydrogen) atoms. The van der Waals surface area contributed by atoms with E-state index in [0.717, 1.165) is 17.9 Å². The number of hydrogen-bond acceptors (Lipinski definition) is 3. The molecule has 2 saturated heterocycles. The van der Waals surface area contributed by atoms with Crippen LogP contribution in [0.15, 0.2) is 0 Å². The normalized spacial score (nSPS) is 35.8. The number of rotatable bonds is 4.